The van der Waals surface area contributed by atoms with E-state index in [4.69, 9.17) is 17.3 Å². The lowest BCUT2D eigenvalue weighted by Gasteiger charge is -2.25. The smallest absolute Gasteiger partial charge is 0.244 e. The molecule has 3 N–H and O–H groups in total. The molecule has 0 unspecified atom stereocenters. The second-order valence-corrected chi connectivity index (χ2v) is 4.02. The number of pyridine rings is 1. The summed E-state index contributed by atoms with van der Waals surface area (Å²) in [6, 6.07) is 3.40. The van der Waals surface area contributed by atoms with Crippen molar-refractivity contribution in [2.45, 2.75) is 32.2 Å². The zero-order valence-corrected chi connectivity index (χ0v) is 10.2. The molecular formula is C11H16ClN3O. The maximum absolute atomic E-state index is 11.9. The first-order valence-corrected chi connectivity index (χ1v) is 5.62. The number of halogens is 1. The van der Waals surface area contributed by atoms with Gasteiger partial charge in [-0.3, -0.25) is 4.79 Å². The van der Waals surface area contributed by atoms with Gasteiger partial charge in [-0.25, -0.2) is 4.98 Å². The normalized spacial score (nSPS) is 11.2. The molecule has 1 amide bonds. The number of nitrogens with two attached hydrogens (primary N) is 1. The molecule has 88 valence electrons. The van der Waals surface area contributed by atoms with Crippen LogP contribution < -0.4 is 11.1 Å². The van der Waals surface area contributed by atoms with Gasteiger partial charge in [-0.15, -0.1) is 0 Å². The van der Waals surface area contributed by atoms with Crippen LogP contribution in [0.15, 0.2) is 18.3 Å². The average Bonchev–Trinajstić information content (AvgIpc) is 2.31. The van der Waals surface area contributed by atoms with Gasteiger partial charge in [0.25, 0.3) is 0 Å². The van der Waals surface area contributed by atoms with Crippen LogP contribution in [-0.4, -0.2) is 16.4 Å². The van der Waals surface area contributed by atoms with Gasteiger partial charge >= 0.3 is 0 Å². The number of amides is 1. The Kier molecular flexibility index (Phi) is 4.26. The van der Waals surface area contributed by atoms with Crippen molar-refractivity contribution in [3.63, 3.8) is 0 Å². The van der Waals surface area contributed by atoms with E-state index in [0.717, 1.165) is 0 Å². The molecule has 0 spiro atoms. The lowest BCUT2D eigenvalue weighted by atomic mass is 9.93. The fourth-order valence-electron chi connectivity index (χ4n) is 1.30. The Labute approximate surface area is 100 Å². The van der Waals surface area contributed by atoms with E-state index in [9.17, 15) is 4.79 Å². The molecule has 1 aromatic rings. The molecule has 5 heteroatoms. The fourth-order valence-corrected chi connectivity index (χ4v) is 1.46. The van der Waals surface area contributed by atoms with Crippen LogP contribution in [0.25, 0.3) is 0 Å². The molecule has 0 radical (unpaired) electrons. The Hall–Kier alpha value is -1.13. The molecule has 1 heterocycles. The minimum atomic E-state index is -0.848. The van der Waals surface area contributed by atoms with Gasteiger partial charge in [-0.05, 0) is 25.0 Å². The third-order valence-electron chi connectivity index (χ3n) is 2.72. The summed E-state index contributed by atoms with van der Waals surface area (Å²) in [6.45, 7) is 3.77. The molecule has 0 aliphatic carbocycles. The number of nitrogens with zero attached hydrogens (tertiary/aromatic N) is 1. The maximum Gasteiger partial charge on any atom is 0.244 e. The van der Waals surface area contributed by atoms with E-state index in [0.29, 0.717) is 18.5 Å². The van der Waals surface area contributed by atoms with Crippen LogP contribution in [0.1, 0.15) is 26.7 Å². The van der Waals surface area contributed by atoms with Crippen LogP contribution in [0, 0.1) is 0 Å². The van der Waals surface area contributed by atoms with E-state index in [2.05, 4.69) is 10.3 Å². The summed E-state index contributed by atoms with van der Waals surface area (Å²) in [6.07, 6.45) is 2.72. The van der Waals surface area contributed by atoms with Crippen LogP contribution in [0.4, 0.5) is 5.69 Å². The molecule has 0 saturated carbocycles. The van der Waals surface area contributed by atoms with Crippen molar-refractivity contribution in [1.82, 2.24) is 4.98 Å². The van der Waals surface area contributed by atoms with Crippen molar-refractivity contribution in [2.75, 3.05) is 5.32 Å². The number of carbonyl (C=O) groups excluding carboxylic acids is 1. The molecule has 0 atom stereocenters. The van der Waals surface area contributed by atoms with E-state index < -0.39 is 5.54 Å². The minimum absolute atomic E-state index is 0.229. The lowest BCUT2D eigenvalue weighted by Crippen LogP contribution is -2.50. The van der Waals surface area contributed by atoms with Gasteiger partial charge in [0.15, 0.2) is 5.15 Å². The summed E-state index contributed by atoms with van der Waals surface area (Å²) in [5.74, 6) is -0.229. The zero-order chi connectivity index (χ0) is 12.2. The highest BCUT2D eigenvalue weighted by Crippen LogP contribution is 2.20. The number of carbonyl (C=O) groups is 1. The predicted molar refractivity (Wildman–Crippen MR) is 65.4 cm³/mol. The second kappa shape index (κ2) is 5.27. The molecule has 0 fully saturated rings. The zero-order valence-electron chi connectivity index (χ0n) is 9.46. The van der Waals surface area contributed by atoms with Crippen molar-refractivity contribution in [1.29, 1.82) is 0 Å². The summed E-state index contributed by atoms with van der Waals surface area (Å²) in [4.78, 5) is 15.8. The molecule has 1 aromatic heterocycles. The average molecular weight is 242 g/mol. The Morgan fingerprint density at radius 2 is 2.19 bits per heavy atom. The molecule has 0 saturated heterocycles. The van der Waals surface area contributed by atoms with Crippen molar-refractivity contribution >= 4 is 23.2 Å². The molecule has 0 bridgehead atoms. The highest BCUT2D eigenvalue weighted by molar-refractivity contribution is 6.32. The van der Waals surface area contributed by atoms with Crippen molar-refractivity contribution in [3.05, 3.63) is 23.5 Å². The monoisotopic (exact) mass is 241 g/mol. The quantitative estimate of drug-likeness (QED) is 0.794. The number of nitrogens with one attached hydrogen (secondary N) is 1. The summed E-state index contributed by atoms with van der Waals surface area (Å²) >= 11 is 5.84. The molecule has 0 aromatic carbocycles. The van der Waals surface area contributed by atoms with E-state index in [1.807, 2.05) is 13.8 Å². The van der Waals surface area contributed by atoms with Gasteiger partial charge < -0.3 is 11.1 Å². The van der Waals surface area contributed by atoms with Crippen LogP contribution in [0.3, 0.4) is 0 Å². The third kappa shape index (κ3) is 2.71. The molecule has 4 nitrogen and oxygen atoms in total. The topological polar surface area (TPSA) is 68.0 Å². The number of aromatic nitrogens is 1. The molecular weight excluding hydrogens is 226 g/mol. The highest BCUT2D eigenvalue weighted by atomic mass is 35.5. The molecule has 1 rings (SSSR count). The lowest BCUT2D eigenvalue weighted by molar-refractivity contribution is -0.121. The van der Waals surface area contributed by atoms with Crippen LogP contribution in [-0.2, 0) is 4.79 Å². The van der Waals surface area contributed by atoms with Crippen molar-refractivity contribution in [3.8, 4) is 0 Å². The molecule has 0 aliphatic rings. The molecule has 16 heavy (non-hydrogen) atoms. The van der Waals surface area contributed by atoms with Gasteiger partial charge in [0.2, 0.25) is 5.91 Å². The second-order valence-electron chi connectivity index (χ2n) is 3.66. The number of hydrogen-bond acceptors (Lipinski definition) is 3. The van der Waals surface area contributed by atoms with E-state index in [-0.39, 0.29) is 11.1 Å². The Bertz CT molecular complexity index is 377. The standard InChI is InChI=1S/C11H16ClN3O/c1-3-11(13,4-2)10(16)15-8-6-5-7-14-9(8)12/h5-7H,3-4,13H2,1-2H3,(H,15,16). The largest absolute Gasteiger partial charge is 0.322 e. The number of hydrogen-bond donors (Lipinski definition) is 2. The first-order valence-electron chi connectivity index (χ1n) is 5.24. The van der Waals surface area contributed by atoms with Crippen molar-refractivity contribution < 1.29 is 4.79 Å². The van der Waals surface area contributed by atoms with Crippen LogP contribution >= 0.6 is 11.6 Å². The SMILES string of the molecule is CCC(N)(CC)C(=O)Nc1cccnc1Cl. The number of rotatable bonds is 4. The Morgan fingerprint density at radius 3 is 2.69 bits per heavy atom. The first kappa shape index (κ1) is 12.9. The van der Waals surface area contributed by atoms with Crippen LogP contribution in [0.2, 0.25) is 5.15 Å². The van der Waals surface area contributed by atoms with Gasteiger partial charge in [0.1, 0.15) is 0 Å². The maximum atomic E-state index is 11.9. The summed E-state index contributed by atoms with van der Waals surface area (Å²) in [7, 11) is 0. The minimum Gasteiger partial charge on any atom is -0.322 e. The Morgan fingerprint density at radius 1 is 1.56 bits per heavy atom. The van der Waals surface area contributed by atoms with Gasteiger partial charge in [0.05, 0.1) is 11.2 Å². The molecule has 0 aliphatic heterocycles. The van der Waals surface area contributed by atoms with Gasteiger partial charge in [-0.2, -0.15) is 0 Å². The number of anilines is 1. The Balaban J connectivity index is 2.83. The van der Waals surface area contributed by atoms with Gasteiger partial charge in [0, 0.05) is 6.20 Å². The highest BCUT2D eigenvalue weighted by Gasteiger charge is 2.30. The summed E-state index contributed by atoms with van der Waals surface area (Å²) < 4.78 is 0. The van der Waals surface area contributed by atoms with E-state index in [1.54, 1.807) is 18.3 Å². The van der Waals surface area contributed by atoms with Crippen molar-refractivity contribution in [2.24, 2.45) is 5.73 Å². The predicted octanol–water partition coefficient (Wildman–Crippen LogP) is 2.19. The third-order valence-corrected chi connectivity index (χ3v) is 3.02. The fraction of sp³-hybridized carbons (Fsp3) is 0.455. The van der Waals surface area contributed by atoms with E-state index in [1.165, 1.54) is 0 Å². The van der Waals surface area contributed by atoms with Crippen LogP contribution in [0.5, 0.6) is 0 Å². The van der Waals surface area contributed by atoms with E-state index >= 15 is 0 Å². The summed E-state index contributed by atoms with van der Waals surface area (Å²) in [5.41, 5.74) is 5.61. The summed E-state index contributed by atoms with van der Waals surface area (Å²) in [5, 5.41) is 2.96. The first-order chi connectivity index (χ1) is 7.53. The van der Waals surface area contributed by atoms with Gasteiger partial charge in [-0.1, -0.05) is 25.4 Å².